The number of halogens is 1. The number of aromatic nitrogens is 3. The van der Waals surface area contributed by atoms with Crippen molar-refractivity contribution in [2.24, 2.45) is 16.6 Å². The van der Waals surface area contributed by atoms with Crippen molar-refractivity contribution >= 4 is 35.0 Å². The average Bonchev–Trinajstić information content (AvgIpc) is 3.45. The molecule has 11 nitrogen and oxygen atoms in total. The summed E-state index contributed by atoms with van der Waals surface area (Å²) >= 11 is 7.99. The van der Waals surface area contributed by atoms with Crippen molar-refractivity contribution in [3.8, 4) is 0 Å². The molecule has 3 atom stereocenters. The van der Waals surface area contributed by atoms with Gasteiger partial charge in [0, 0.05) is 18.1 Å². The molecule has 0 fully saturated rings. The first-order valence-corrected chi connectivity index (χ1v) is 15.5. The number of hydrogen-bond acceptors (Lipinski definition) is 10. The molecule has 13 heteroatoms. The van der Waals surface area contributed by atoms with Crippen molar-refractivity contribution in [3.63, 3.8) is 0 Å². The van der Waals surface area contributed by atoms with Crippen LogP contribution >= 0.6 is 23.4 Å². The molecule has 1 aromatic carbocycles. The monoisotopic (exact) mass is 620 g/mol. The van der Waals surface area contributed by atoms with Gasteiger partial charge in [0.1, 0.15) is 11.9 Å². The fourth-order valence-corrected chi connectivity index (χ4v) is 6.55. The van der Waals surface area contributed by atoms with Crippen LogP contribution in [0.5, 0.6) is 0 Å². The van der Waals surface area contributed by atoms with Crippen LogP contribution in [0.4, 0.5) is 0 Å². The molecule has 2 unspecified atom stereocenters. The van der Waals surface area contributed by atoms with E-state index in [9.17, 15) is 4.79 Å². The summed E-state index contributed by atoms with van der Waals surface area (Å²) in [5, 5.41) is 12.5. The highest BCUT2D eigenvalue weighted by Crippen LogP contribution is 2.52. The Morgan fingerprint density at radius 3 is 2.21 bits per heavy atom. The summed E-state index contributed by atoms with van der Waals surface area (Å²) < 4.78 is 23.9. The molecule has 4 rings (SSSR count). The van der Waals surface area contributed by atoms with Gasteiger partial charge in [0.2, 0.25) is 5.91 Å². The van der Waals surface area contributed by atoms with Gasteiger partial charge in [-0.05, 0) is 43.4 Å². The van der Waals surface area contributed by atoms with Gasteiger partial charge in [-0.1, -0.05) is 29.3 Å². The van der Waals surface area contributed by atoms with Crippen molar-refractivity contribution in [3.05, 3.63) is 57.0 Å². The number of aliphatic imine (C=N–C) groups is 1. The highest BCUT2D eigenvalue weighted by atomic mass is 35.5. The Hall–Kier alpha value is -2.32. The number of carbonyl (C=O) groups excluding carboxylic acids is 1. The number of hydrogen-bond donors (Lipinski definition) is 2. The standard InChI is InChI=1S/C29H41ClN6O5S/c1-19-20(2)42-29-26(19)27(22-4-6-23(30)7-5-22)33-24(28-35-34-21(3)36(28)29)18-25(37)32-9-11-39-13-15-41-17-16-40-14-12-38-10-8-31/h4-7,24,26,29H,8-18,31H2,1-3H3,(H,32,37)/t24-,26?,29?/m0/s1. The molecule has 3 N–H and O–H groups in total. The molecule has 0 aliphatic carbocycles. The van der Waals surface area contributed by atoms with Gasteiger partial charge >= 0.3 is 0 Å². The summed E-state index contributed by atoms with van der Waals surface area (Å²) in [7, 11) is 0. The number of carbonyl (C=O) groups is 1. The molecule has 230 valence electrons. The number of benzene rings is 1. The number of ether oxygens (including phenoxy) is 4. The van der Waals surface area contributed by atoms with Crippen LogP contribution in [0.15, 0.2) is 39.7 Å². The third-order valence-corrected chi connectivity index (χ3v) is 8.76. The number of thioether (sulfide) groups is 1. The summed E-state index contributed by atoms with van der Waals surface area (Å²) in [6, 6.07) is 7.27. The average molecular weight is 621 g/mol. The first kappa shape index (κ1) is 32.6. The third kappa shape index (κ3) is 8.62. The Morgan fingerprint density at radius 2 is 1.57 bits per heavy atom. The van der Waals surface area contributed by atoms with E-state index in [0.29, 0.717) is 76.8 Å². The maximum Gasteiger partial charge on any atom is 0.222 e. The Morgan fingerprint density at radius 1 is 0.952 bits per heavy atom. The Labute approximate surface area is 256 Å². The number of nitrogens with one attached hydrogen (secondary N) is 1. The van der Waals surface area contributed by atoms with Gasteiger partial charge in [0.05, 0.1) is 76.3 Å². The molecular weight excluding hydrogens is 580 g/mol. The van der Waals surface area contributed by atoms with E-state index in [0.717, 1.165) is 17.1 Å². The van der Waals surface area contributed by atoms with Crippen molar-refractivity contribution in [1.29, 1.82) is 0 Å². The fraction of sp³-hybridized carbons (Fsp3) is 0.586. The summed E-state index contributed by atoms with van der Waals surface area (Å²) in [6.07, 6.45) is 0.154. The highest BCUT2D eigenvalue weighted by molar-refractivity contribution is 8.03. The van der Waals surface area contributed by atoms with E-state index in [2.05, 4.69) is 33.9 Å². The molecule has 0 bridgehead atoms. The van der Waals surface area contributed by atoms with Crippen molar-refractivity contribution < 1.29 is 23.7 Å². The molecule has 42 heavy (non-hydrogen) atoms. The van der Waals surface area contributed by atoms with E-state index >= 15 is 0 Å². The number of rotatable bonds is 17. The molecule has 0 radical (unpaired) electrons. The smallest absolute Gasteiger partial charge is 0.222 e. The predicted molar refractivity (Wildman–Crippen MR) is 164 cm³/mol. The van der Waals surface area contributed by atoms with Crippen molar-refractivity contribution in [2.75, 3.05) is 65.9 Å². The maximum atomic E-state index is 13.0. The van der Waals surface area contributed by atoms with E-state index < -0.39 is 6.04 Å². The molecule has 2 aliphatic heterocycles. The molecule has 0 saturated carbocycles. The van der Waals surface area contributed by atoms with Gasteiger partial charge in [0.25, 0.3) is 0 Å². The molecular formula is C29H41ClN6O5S. The van der Waals surface area contributed by atoms with Gasteiger partial charge in [0.15, 0.2) is 5.82 Å². The lowest BCUT2D eigenvalue weighted by atomic mass is 9.90. The van der Waals surface area contributed by atoms with E-state index in [-0.39, 0.29) is 23.6 Å². The number of allylic oxidation sites excluding steroid dienone is 2. The van der Waals surface area contributed by atoms with Gasteiger partial charge in [-0.15, -0.1) is 22.0 Å². The molecule has 0 saturated heterocycles. The normalized spacial score (nSPS) is 19.8. The minimum absolute atomic E-state index is 0.0371. The second-order valence-corrected chi connectivity index (χ2v) is 11.8. The van der Waals surface area contributed by atoms with Crippen LogP contribution in [0.2, 0.25) is 5.02 Å². The lowest BCUT2D eigenvalue weighted by Crippen LogP contribution is -2.29. The summed E-state index contributed by atoms with van der Waals surface area (Å²) in [6.45, 7) is 11.0. The van der Waals surface area contributed by atoms with Crippen LogP contribution in [0.3, 0.4) is 0 Å². The first-order valence-electron chi connectivity index (χ1n) is 14.3. The minimum atomic E-state index is -0.472. The summed E-state index contributed by atoms with van der Waals surface area (Å²) in [5.41, 5.74) is 8.56. The van der Waals surface area contributed by atoms with Crippen LogP contribution in [-0.4, -0.2) is 92.3 Å². The second-order valence-electron chi connectivity index (χ2n) is 10.0. The first-order chi connectivity index (χ1) is 20.4. The van der Waals surface area contributed by atoms with E-state index in [1.165, 1.54) is 10.5 Å². The topological polar surface area (TPSA) is 135 Å². The Balaban J connectivity index is 1.28. The van der Waals surface area contributed by atoms with Crippen LogP contribution < -0.4 is 11.1 Å². The lowest BCUT2D eigenvalue weighted by molar-refractivity contribution is -0.121. The summed E-state index contributed by atoms with van der Waals surface area (Å²) in [5.74, 6) is 1.43. The lowest BCUT2D eigenvalue weighted by Gasteiger charge is -2.23. The SMILES string of the molecule is CC1=C(C)C2C(c3ccc(Cl)cc3)=N[C@@H](CC(=O)NCCOCCOCCOCCOCCN)c3nnc(C)n3C2S1. The Kier molecular flexibility index (Phi) is 12.8. The van der Waals surface area contributed by atoms with E-state index in [1.54, 1.807) is 11.8 Å². The number of fused-ring (bicyclic) bond motifs is 3. The molecule has 2 aliphatic rings. The van der Waals surface area contributed by atoms with Crippen LogP contribution in [0, 0.1) is 12.8 Å². The minimum Gasteiger partial charge on any atom is -0.378 e. The maximum absolute atomic E-state index is 13.0. The number of nitrogens with zero attached hydrogens (tertiary/aromatic N) is 4. The van der Waals surface area contributed by atoms with Crippen LogP contribution in [-0.2, 0) is 23.7 Å². The fourth-order valence-electron chi connectivity index (χ4n) is 4.92. The molecule has 2 aromatic rings. The zero-order valence-electron chi connectivity index (χ0n) is 24.5. The number of amides is 1. The number of aryl methyl sites for hydroxylation is 1. The van der Waals surface area contributed by atoms with Gasteiger partial charge in [-0.25, -0.2) is 0 Å². The molecule has 0 spiro atoms. The Bertz CT molecular complexity index is 1240. The van der Waals surface area contributed by atoms with Crippen molar-refractivity contribution in [1.82, 2.24) is 20.1 Å². The van der Waals surface area contributed by atoms with Gasteiger partial charge in [-0.2, -0.15) is 0 Å². The van der Waals surface area contributed by atoms with Gasteiger partial charge < -0.3 is 30.0 Å². The predicted octanol–water partition coefficient (Wildman–Crippen LogP) is 3.47. The molecule has 1 amide bonds. The molecule has 3 heterocycles. The van der Waals surface area contributed by atoms with E-state index in [4.69, 9.17) is 41.3 Å². The highest BCUT2D eigenvalue weighted by Gasteiger charge is 2.42. The quantitative estimate of drug-likeness (QED) is 0.255. The number of nitrogens with two attached hydrogens (primary N) is 1. The van der Waals surface area contributed by atoms with Gasteiger partial charge in [-0.3, -0.25) is 14.4 Å². The van der Waals surface area contributed by atoms with E-state index in [1.807, 2.05) is 31.2 Å². The zero-order chi connectivity index (χ0) is 29.9. The van der Waals surface area contributed by atoms with Crippen LogP contribution in [0.1, 0.15) is 48.9 Å². The largest absolute Gasteiger partial charge is 0.378 e. The second kappa shape index (κ2) is 16.5. The third-order valence-electron chi connectivity index (χ3n) is 7.10. The van der Waals surface area contributed by atoms with Crippen molar-refractivity contribution in [2.45, 2.75) is 38.6 Å². The zero-order valence-corrected chi connectivity index (χ0v) is 26.1. The summed E-state index contributed by atoms with van der Waals surface area (Å²) in [4.78, 5) is 19.5. The van der Waals surface area contributed by atoms with Crippen LogP contribution in [0.25, 0.3) is 0 Å². The molecule has 1 aromatic heterocycles.